The first kappa shape index (κ1) is 38.2. The average molecular weight is 693 g/mol. The Balaban J connectivity index is 1.49. The minimum Gasteiger partial charge on any atom is -0.481 e. The number of ether oxygens (including phenoxy) is 3. The number of rotatable bonds is 8. The lowest BCUT2D eigenvalue weighted by Crippen LogP contribution is -2.63. The van der Waals surface area contributed by atoms with Crippen LogP contribution in [0.15, 0.2) is 11.1 Å². The van der Waals surface area contributed by atoms with Gasteiger partial charge in [0.15, 0.2) is 6.29 Å². The molecule has 0 radical (unpaired) electrons. The fourth-order valence-electron chi connectivity index (χ4n) is 11.7. The molecule has 3 fully saturated rings. The second-order valence-electron chi connectivity index (χ2n) is 18.2. The molecule has 2 saturated carbocycles. The Bertz CT molecular complexity index is 1360. The second-order valence-corrected chi connectivity index (χ2v) is 18.2. The molecule has 1 aliphatic heterocycles. The first-order valence-electron chi connectivity index (χ1n) is 18.2. The number of esters is 2. The molecule has 0 aromatic carbocycles. The van der Waals surface area contributed by atoms with Crippen LogP contribution in [0.2, 0.25) is 0 Å². The minimum atomic E-state index is -1.81. The van der Waals surface area contributed by atoms with Crippen molar-refractivity contribution in [3.8, 4) is 0 Å². The lowest BCUT2D eigenvalue weighted by molar-refractivity contribution is -0.251. The van der Waals surface area contributed by atoms with Crippen molar-refractivity contribution in [2.75, 3.05) is 0 Å². The fourth-order valence-corrected chi connectivity index (χ4v) is 11.7. The monoisotopic (exact) mass is 692 g/mol. The van der Waals surface area contributed by atoms with Crippen molar-refractivity contribution in [2.24, 2.45) is 39.4 Å². The number of carbonyl (C=O) groups excluding carboxylic acids is 2. The second kappa shape index (κ2) is 12.6. The van der Waals surface area contributed by atoms with Crippen molar-refractivity contribution in [2.45, 2.75) is 168 Å². The SMILES string of the molecule is CC(=O)O[C@H]1[C@H](OC(=O)CC(C)(O)CC(=O)O)C[C@]2(C)C3=C(CCC2C1(C)C)[C@]1(C)CCC(C2CC[C@H](C(C)(C)O)OC2O)[C@@]1(C)[C@@H](O)C3. The molecule has 5 aliphatic rings. The average Bonchev–Trinajstić information content (AvgIpc) is 3.22. The van der Waals surface area contributed by atoms with Crippen LogP contribution in [0.1, 0.15) is 127 Å². The summed E-state index contributed by atoms with van der Waals surface area (Å²) in [7, 11) is 0. The van der Waals surface area contributed by atoms with Gasteiger partial charge in [0.2, 0.25) is 0 Å². The molecule has 4 aliphatic carbocycles. The molecule has 49 heavy (non-hydrogen) atoms. The summed E-state index contributed by atoms with van der Waals surface area (Å²) in [6, 6.07) is 0. The zero-order chi connectivity index (χ0) is 36.7. The molecule has 278 valence electrons. The smallest absolute Gasteiger partial charge is 0.309 e. The molecule has 5 unspecified atom stereocenters. The van der Waals surface area contributed by atoms with E-state index in [-0.39, 0.29) is 23.2 Å². The van der Waals surface area contributed by atoms with Crippen molar-refractivity contribution < 1.29 is 54.1 Å². The number of aliphatic hydroxyl groups is 4. The molecule has 5 N–H and O–H groups in total. The summed E-state index contributed by atoms with van der Waals surface area (Å²) in [5.41, 5.74) is -2.40. The third-order valence-electron chi connectivity index (χ3n) is 14.1. The van der Waals surface area contributed by atoms with Crippen molar-refractivity contribution in [3.63, 3.8) is 0 Å². The summed E-state index contributed by atoms with van der Waals surface area (Å²) in [5.74, 6) is -2.62. The van der Waals surface area contributed by atoms with Crippen LogP contribution in [0.3, 0.4) is 0 Å². The Hall–Kier alpha value is -2.05. The van der Waals surface area contributed by atoms with Gasteiger partial charge >= 0.3 is 17.9 Å². The number of aliphatic carboxylic acids is 1. The van der Waals surface area contributed by atoms with Gasteiger partial charge in [-0.3, -0.25) is 14.4 Å². The molecule has 1 saturated heterocycles. The lowest BCUT2D eigenvalue weighted by atomic mass is 9.42. The Morgan fingerprint density at radius 2 is 1.57 bits per heavy atom. The van der Waals surface area contributed by atoms with Gasteiger partial charge in [0, 0.05) is 23.7 Å². The van der Waals surface area contributed by atoms with E-state index in [0.29, 0.717) is 25.7 Å². The Morgan fingerprint density at radius 1 is 0.918 bits per heavy atom. The van der Waals surface area contributed by atoms with E-state index < -0.39 is 88.9 Å². The third-order valence-corrected chi connectivity index (χ3v) is 14.1. The molecule has 12 atom stereocenters. The summed E-state index contributed by atoms with van der Waals surface area (Å²) < 4.78 is 17.9. The van der Waals surface area contributed by atoms with E-state index in [1.807, 2.05) is 13.8 Å². The number of carboxylic acid groups (broad SMARTS) is 1. The van der Waals surface area contributed by atoms with Crippen molar-refractivity contribution in [1.82, 2.24) is 0 Å². The van der Waals surface area contributed by atoms with Gasteiger partial charge < -0.3 is 39.7 Å². The molecule has 11 heteroatoms. The number of aliphatic hydroxyl groups excluding tert-OH is 2. The van der Waals surface area contributed by atoms with E-state index in [1.54, 1.807) is 13.8 Å². The molecule has 0 aromatic rings. The Morgan fingerprint density at radius 3 is 2.14 bits per heavy atom. The molecular formula is C38H60O11. The summed E-state index contributed by atoms with van der Waals surface area (Å²) >= 11 is 0. The predicted octanol–water partition coefficient (Wildman–Crippen LogP) is 4.66. The minimum absolute atomic E-state index is 0.00766. The predicted molar refractivity (Wildman–Crippen MR) is 179 cm³/mol. The van der Waals surface area contributed by atoms with Gasteiger partial charge in [-0.1, -0.05) is 45.8 Å². The van der Waals surface area contributed by atoms with Gasteiger partial charge in [-0.2, -0.15) is 0 Å². The van der Waals surface area contributed by atoms with E-state index in [0.717, 1.165) is 25.7 Å². The van der Waals surface area contributed by atoms with Crippen LogP contribution in [-0.2, 0) is 28.6 Å². The lowest BCUT2D eigenvalue weighted by Gasteiger charge is -2.64. The van der Waals surface area contributed by atoms with Gasteiger partial charge in [-0.25, -0.2) is 0 Å². The highest BCUT2D eigenvalue weighted by atomic mass is 16.6. The first-order valence-corrected chi connectivity index (χ1v) is 18.2. The molecular weight excluding hydrogens is 632 g/mol. The van der Waals surface area contributed by atoms with Gasteiger partial charge in [0.05, 0.1) is 36.3 Å². The Labute approximate surface area is 290 Å². The molecule has 0 bridgehead atoms. The zero-order valence-corrected chi connectivity index (χ0v) is 30.9. The summed E-state index contributed by atoms with van der Waals surface area (Å²) in [4.78, 5) is 36.9. The van der Waals surface area contributed by atoms with E-state index in [4.69, 9.17) is 14.2 Å². The first-order chi connectivity index (χ1) is 22.4. The Kier molecular flexibility index (Phi) is 9.79. The number of hydrogen-bond donors (Lipinski definition) is 5. The van der Waals surface area contributed by atoms with Crippen LogP contribution in [0.25, 0.3) is 0 Å². The molecule has 0 spiro atoms. The fraction of sp³-hybridized carbons (Fsp3) is 0.868. The van der Waals surface area contributed by atoms with E-state index in [9.17, 15) is 39.9 Å². The maximum atomic E-state index is 13.3. The third kappa shape index (κ3) is 6.38. The van der Waals surface area contributed by atoms with Gasteiger partial charge in [-0.05, 0) is 94.8 Å². The molecule has 1 heterocycles. The van der Waals surface area contributed by atoms with E-state index in [1.165, 1.54) is 25.0 Å². The number of allylic oxidation sites excluding steroid dienone is 1. The largest absolute Gasteiger partial charge is 0.481 e. The molecule has 5 rings (SSSR count). The standard InChI is InChI=1S/C38H60O11/c1-20(39)47-31-25(48-30(43)19-35(6,46)18-29(41)42)17-36(7)24-16-27(40)38(9)22(21-10-13-28(34(4,5)45)49-32(21)44)14-15-37(38,8)23(24)11-12-26(36)33(31,2)3/h21-22,25-28,31-32,40,44-46H,10-19H2,1-9H3,(H,41,42)/t21?,22?,25-,26?,27+,28-,31+,32?,35?,36-,37+,38+/m1/s1. The maximum absolute atomic E-state index is 13.3. The number of carbonyl (C=O) groups is 3. The summed E-state index contributed by atoms with van der Waals surface area (Å²) in [6.45, 7) is 16.7. The van der Waals surface area contributed by atoms with Crippen LogP contribution >= 0.6 is 0 Å². The summed E-state index contributed by atoms with van der Waals surface area (Å²) in [5, 5.41) is 54.0. The van der Waals surface area contributed by atoms with Crippen molar-refractivity contribution in [1.29, 1.82) is 0 Å². The summed E-state index contributed by atoms with van der Waals surface area (Å²) in [6.07, 6.45) is 0.462. The van der Waals surface area contributed by atoms with Gasteiger partial charge in [-0.15, -0.1) is 0 Å². The van der Waals surface area contributed by atoms with Crippen molar-refractivity contribution in [3.05, 3.63) is 11.1 Å². The topological polar surface area (TPSA) is 180 Å². The molecule has 11 nitrogen and oxygen atoms in total. The normalized spacial score (nSPS) is 43.0. The molecule has 0 aromatic heterocycles. The van der Waals surface area contributed by atoms with Crippen molar-refractivity contribution >= 4 is 17.9 Å². The van der Waals surface area contributed by atoms with Crippen LogP contribution < -0.4 is 0 Å². The van der Waals surface area contributed by atoms with Crippen LogP contribution in [-0.4, -0.2) is 85.3 Å². The highest BCUT2D eigenvalue weighted by molar-refractivity contribution is 5.74. The van der Waals surface area contributed by atoms with Gasteiger partial charge in [0.25, 0.3) is 0 Å². The van der Waals surface area contributed by atoms with Gasteiger partial charge in [0.1, 0.15) is 12.2 Å². The zero-order valence-electron chi connectivity index (χ0n) is 30.9. The maximum Gasteiger partial charge on any atom is 0.309 e. The number of hydrogen-bond acceptors (Lipinski definition) is 10. The molecule has 0 amide bonds. The quantitative estimate of drug-likeness (QED) is 0.176. The van der Waals surface area contributed by atoms with Crippen LogP contribution in [0.4, 0.5) is 0 Å². The van der Waals surface area contributed by atoms with E-state index >= 15 is 0 Å². The van der Waals surface area contributed by atoms with E-state index in [2.05, 4.69) is 20.8 Å². The van der Waals surface area contributed by atoms with Crippen LogP contribution in [0, 0.1) is 39.4 Å². The number of fused-ring (bicyclic) bond motifs is 4. The highest BCUT2D eigenvalue weighted by Gasteiger charge is 2.68. The highest BCUT2D eigenvalue weighted by Crippen LogP contribution is 2.73. The van der Waals surface area contributed by atoms with Crippen LogP contribution in [0.5, 0.6) is 0 Å². The number of carboxylic acids is 1.